The van der Waals surface area contributed by atoms with Crippen molar-refractivity contribution in [2.24, 2.45) is 0 Å². The van der Waals surface area contributed by atoms with Gasteiger partial charge < -0.3 is 15.4 Å². The third-order valence-electron chi connectivity index (χ3n) is 5.08. The molecule has 4 rings (SSSR count). The molecule has 0 fully saturated rings. The van der Waals surface area contributed by atoms with Crippen LogP contribution in [0.4, 0.5) is 33.2 Å². The van der Waals surface area contributed by atoms with Gasteiger partial charge in [-0.2, -0.15) is 4.98 Å². The number of nitrogens with one attached hydrogen (secondary N) is 3. The van der Waals surface area contributed by atoms with Crippen LogP contribution in [0.25, 0.3) is 0 Å². The van der Waals surface area contributed by atoms with E-state index in [1.165, 1.54) is 17.7 Å². The van der Waals surface area contributed by atoms with Crippen molar-refractivity contribution in [3.05, 3.63) is 89.9 Å². The van der Waals surface area contributed by atoms with Crippen LogP contribution in [-0.4, -0.2) is 25.0 Å². The number of hydrogen-bond donors (Lipinski definition) is 3. The van der Waals surface area contributed by atoms with E-state index in [0.29, 0.717) is 23.1 Å². The Bertz CT molecular complexity index is 1460. The topological polar surface area (TPSA) is 105 Å². The van der Waals surface area contributed by atoms with Crippen molar-refractivity contribution in [3.8, 4) is 5.75 Å². The maximum atomic E-state index is 14.1. The molecule has 1 aromatic heterocycles. The van der Waals surface area contributed by atoms with Crippen LogP contribution in [0, 0.1) is 19.7 Å². The summed E-state index contributed by atoms with van der Waals surface area (Å²) in [5.74, 6) is 0.291. The summed E-state index contributed by atoms with van der Waals surface area (Å²) in [4.78, 5) is 8.72. The molecule has 3 aromatic carbocycles. The van der Waals surface area contributed by atoms with Gasteiger partial charge in [0.1, 0.15) is 5.82 Å². The van der Waals surface area contributed by atoms with Gasteiger partial charge >= 0.3 is 0 Å². The van der Waals surface area contributed by atoms with Gasteiger partial charge in [-0.1, -0.05) is 17.7 Å². The Morgan fingerprint density at radius 1 is 0.833 bits per heavy atom. The Morgan fingerprint density at radius 2 is 1.47 bits per heavy atom. The van der Waals surface area contributed by atoms with Crippen LogP contribution in [-0.2, 0) is 10.0 Å². The zero-order valence-corrected chi connectivity index (χ0v) is 20.9. The van der Waals surface area contributed by atoms with Gasteiger partial charge in [0.05, 0.1) is 11.5 Å². The van der Waals surface area contributed by atoms with Crippen LogP contribution >= 0.6 is 0 Å². The van der Waals surface area contributed by atoms with E-state index in [1.54, 1.807) is 31.2 Å². The van der Waals surface area contributed by atoms with Gasteiger partial charge in [-0.15, -0.1) is 0 Å². The molecule has 0 aliphatic carbocycles. The fraction of sp³-hybridized carbons (Fsp3) is 0.154. The molecule has 0 atom stereocenters. The van der Waals surface area contributed by atoms with Gasteiger partial charge in [-0.05, 0) is 75.4 Å². The lowest BCUT2D eigenvalue weighted by Crippen LogP contribution is -2.13. The van der Waals surface area contributed by atoms with E-state index in [-0.39, 0.29) is 17.3 Å². The van der Waals surface area contributed by atoms with E-state index in [1.807, 2.05) is 44.2 Å². The first-order valence-corrected chi connectivity index (χ1v) is 12.7. The minimum atomic E-state index is -3.98. The molecule has 10 heteroatoms. The van der Waals surface area contributed by atoms with Crippen molar-refractivity contribution in [3.63, 3.8) is 0 Å². The number of nitrogens with zero attached hydrogens (tertiary/aromatic N) is 2. The largest absolute Gasteiger partial charge is 0.491 e. The molecule has 0 aliphatic rings. The van der Waals surface area contributed by atoms with Crippen LogP contribution in [0.3, 0.4) is 0 Å². The van der Waals surface area contributed by atoms with Crippen molar-refractivity contribution in [1.82, 2.24) is 9.97 Å². The predicted molar refractivity (Wildman–Crippen MR) is 139 cm³/mol. The summed E-state index contributed by atoms with van der Waals surface area (Å²) in [7, 11) is -3.98. The van der Waals surface area contributed by atoms with Crippen molar-refractivity contribution in [2.45, 2.75) is 25.7 Å². The Balaban J connectivity index is 1.45. The van der Waals surface area contributed by atoms with Crippen LogP contribution < -0.4 is 20.1 Å². The summed E-state index contributed by atoms with van der Waals surface area (Å²) >= 11 is 0. The Kier molecular flexibility index (Phi) is 7.35. The van der Waals surface area contributed by atoms with E-state index in [9.17, 15) is 12.8 Å². The molecular formula is C26H26FN5O3S. The third-order valence-corrected chi connectivity index (χ3v) is 6.46. The molecular weight excluding hydrogens is 481 g/mol. The number of anilines is 5. The molecule has 0 bridgehead atoms. The highest BCUT2D eigenvalue weighted by molar-refractivity contribution is 7.92. The highest BCUT2D eigenvalue weighted by Gasteiger charge is 2.17. The van der Waals surface area contributed by atoms with Gasteiger partial charge in [0.25, 0.3) is 10.0 Å². The molecule has 3 N–H and O–H groups in total. The van der Waals surface area contributed by atoms with Gasteiger partial charge in [0, 0.05) is 28.8 Å². The zero-order chi connectivity index (χ0) is 25.7. The average molecular weight is 508 g/mol. The molecule has 0 unspecified atom stereocenters. The standard InChI is InChI=1S/C26H26FN5O3S/c1-4-35-24-14-13-22(16-23(24)27)36(33,34)32-21-11-9-20(10-12-21)30-26-28-18(3)15-25(31-26)29-19-7-5-17(2)6-8-19/h5-16,32H,4H2,1-3H3,(H2,28,29,30,31). The molecule has 0 saturated carbocycles. The van der Waals surface area contributed by atoms with Crippen LogP contribution in [0.15, 0.2) is 77.7 Å². The van der Waals surface area contributed by atoms with Gasteiger partial charge in [-0.25, -0.2) is 17.8 Å². The number of aryl methyl sites for hydroxylation is 2. The molecule has 36 heavy (non-hydrogen) atoms. The third kappa shape index (κ3) is 6.28. The number of rotatable bonds is 9. The second kappa shape index (κ2) is 10.6. The Morgan fingerprint density at radius 3 is 2.14 bits per heavy atom. The van der Waals surface area contributed by atoms with Crippen molar-refractivity contribution >= 4 is 38.9 Å². The Labute approximate surface area is 209 Å². The summed E-state index contributed by atoms with van der Waals surface area (Å²) < 4.78 is 47.1. The average Bonchev–Trinajstić information content (AvgIpc) is 2.83. The van der Waals surface area contributed by atoms with E-state index in [4.69, 9.17) is 4.74 Å². The molecule has 0 aliphatic heterocycles. The summed E-state index contributed by atoms with van der Waals surface area (Å²) in [6.07, 6.45) is 0. The minimum Gasteiger partial charge on any atom is -0.491 e. The minimum absolute atomic E-state index is 0.00229. The second-order valence-corrected chi connectivity index (χ2v) is 9.72. The van der Waals surface area contributed by atoms with Crippen LogP contribution in [0.2, 0.25) is 0 Å². The number of sulfonamides is 1. The first-order valence-electron chi connectivity index (χ1n) is 11.2. The summed E-state index contributed by atoms with van der Waals surface area (Å²) in [6.45, 7) is 5.89. The van der Waals surface area contributed by atoms with Crippen LogP contribution in [0.1, 0.15) is 18.2 Å². The van der Waals surface area contributed by atoms with Gasteiger partial charge in [-0.3, -0.25) is 4.72 Å². The molecule has 0 amide bonds. The van der Waals surface area contributed by atoms with Crippen molar-refractivity contribution < 1.29 is 17.5 Å². The normalized spacial score (nSPS) is 11.1. The van der Waals surface area contributed by atoms with Crippen LogP contribution in [0.5, 0.6) is 5.75 Å². The summed E-state index contributed by atoms with van der Waals surface area (Å²) in [5, 5.41) is 6.39. The summed E-state index contributed by atoms with van der Waals surface area (Å²) in [6, 6.07) is 19.9. The zero-order valence-electron chi connectivity index (χ0n) is 20.0. The number of ether oxygens (including phenoxy) is 1. The number of halogens is 1. The predicted octanol–water partition coefficient (Wildman–Crippen LogP) is 5.92. The molecule has 0 saturated heterocycles. The monoisotopic (exact) mass is 507 g/mol. The lowest BCUT2D eigenvalue weighted by Gasteiger charge is -2.12. The molecule has 4 aromatic rings. The number of hydrogen-bond acceptors (Lipinski definition) is 7. The molecule has 0 spiro atoms. The van der Waals surface area contributed by atoms with E-state index in [2.05, 4.69) is 25.3 Å². The highest BCUT2D eigenvalue weighted by atomic mass is 32.2. The highest BCUT2D eigenvalue weighted by Crippen LogP contribution is 2.25. The first-order chi connectivity index (χ1) is 17.2. The fourth-order valence-electron chi connectivity index (χ4n) is 3.36. The SMILES string of the molecule is CCOc1ccc(S(=O)(=O)Nc2ccc(Nc3nc(C)cc(Nc4ccc(C)cc4)n3)cc2)cc1F. The lowest BCUT2D eigenvalue weighted by molar-refractivity contribution is 0.321. The van der Waals surface area contributed by atoms with E-state index < -0.39 is 15.8 Å². The quantitative estimate of drug-likeness (QED) is 0.258. The smallest absolute Gasteiger partial charge is 0.262 e. The van der Waals surface area contributed by atoms with Gasteiger partial charge in [0.15, 0.2) is 11.6 Å². The molecule has 0 radical (unpaired) electrons. The lowest BCUT2D eigenvalue weighted by atomic mass is 10.2. The van der Waals surface area contributed by atoms with E-state index >= 15 is 0 Å². The molecule has 186 valence electrons. The van der Waals surface area contributed by atoms with E-state index in [0.717, 1.165) is 17.4 Å². The fourth-order valence-corrected chi connectivity index (χ4v) is 4.43. The second-order valence-electron chi connectivity index (χ2n) is 8.04. The molecule has 1 heterocycles. The number of aromatic nitrogens is 2. The Hall–Kier alpha value is -4.18. The molecule has 8 nitrogen and oxygen atoms in total. The van der Waals surface area contributed by atoms with Crippen molar-refractivity contribution in [2.75, 3.05) is 22.0 Å². The maximum Gasteiger partial charge on any atom is 0.262 e. The number of benzene rings is 3. The van der Waals surface area contributed by atoms with Gasteiger partial charge in [0.2, 0.25) is 5.95 Å². The van der Waals surface area contributed by atoms with Crippen molar-refractivity contribution in [1.29, 1.82) is 0 Å². The summed E-state index contributed by atoms with van der Waals surface area (Å²) in [5.41, 5.74) is 3.83. The first kappa shape index (κ1) is 24.9. The maximum absolute atomic E-state index is 14.1.